The van der Waals surface area contributed by atoms with Gasteiger partial charge in [0.2, 0.25) is 0 Å². The monoisotopic (exact) mass is 262 g/mol. The van der Waals surface area contributed by atoms with E-state index < -0.39 is 0 Å². The van der Waals surface area contributed by atoms with E-state index in [0.29, 0.717) is 18.1 Å². The van der Waals surface area contributed by atoms with E-state index in [2.05, 4.69) is 49.2 Å². The Labute approximate surface area is 116 Å². The largest absolute Gasteiger partial charge is 0.497 e. The summed E-state index contributed by atoms with van der Waals surface area (Å²) in [5, 5.41) is 3.73. The molecule has 1 aliphatic heterocycles. The molecule has 2 rings (SSSR count). The van der Waals surface area contributed by atoms with Gasteiger partial charge >= 0.3 is 0 Å². The molecule has 3 nitrogen and oxygen atoms in total. The smallest absolute Gasteiger partial charge is 0.119 e. The van der Waals surface area contributed by atoms with Crippen LogP contribution in [0.3, 0.4) is 0 Å². The summed E-state index contributed by atoms with van der Waals surface area (Å²) < 4.78 is 5.29. The molecule has 1 fully saturated rings. The highest BCUT2D eigenvalue weighted by Crippen LogP contribution is 2.21. The van der Waals surface area contributed by atoms with Crippen molar-refractivity contribution in [2.75, 3.05) is 20.2 Å². The molecule has 0 aliphatic carbocycles. The van der Waals surface area contributed by atoms with Gasteiger partial charge < -0.3 is 10.1 Å². The van der Waals surface area contributed by atoms with Crippen LogP contribution in [0.2, 0.25) is 0 Å². The lowest BCUT2D eigenvalue weighted by Crippen LogP contribution is -2.36. The fraction of sp³-hybridized carbons (Fsp3) is 0.625. The quantitative estimate of drug-likeness (QED) is 0.883. The van der Waals surface area contributed by atoms with Crippen LogP contribution in [0, 0.1) is 0 Å². The highest BCUT2D eigenvalue weighted by Gasteiger charge is 2.25. The molecule has 1 aliphatic rings. The summed E-state index contributed by atoms with van der Waals surface area (Å²) in [5.41, 5.74) is 1.29. The average Bonchev–Trinajstić information content (AvgIpc) is 2.87. The van der Waals surface area contributed by atoms with E-state index in [9.17, 15) is 0 Å². The lowest BCUT2D eigenvalue weighted by molar-refractivity contribution is 0.266. The number of hydrogen-bond donors (Lipinski definition) is 1. The lowest BCUT2D eigenvalue weighted by Gasteiger charge is -2.23. The Bertz CT molecular complexity index is 405. The summed E-state index contributed by atoms with van der Waals surface area (Å²) >= 11 is 0. The zero-order valence-electron chi connectivity index (χ0n) is 12.5. The second-order valence-corrected chi connectivity index (χ2v) is 5.74. The molecule has 1 heterocycles. The van der Waals surface area contributed by atoms with Crippen molar-refractivity contribution >= 4 is 0 Å². The van der Waals surface area contributed by atoms with Crippen LogP contribution in [0.25, 0.3) is 0 Å². The van der Waals surface area contributed by atoms with E-state index in [1.165, 1.54) is 18.5 Å². The molecular formula is C16H26N2O. The molecule has 106 valence electrons. The topological polar surface area (TPSA) is 24.5 Å². The normalized spacial score (nSPS) is 21.8. The molecule has 1 N–H and O–H groups in total. The van der Waals surface area contributed by atoms with Crippen LogP contribution in [-0.2, 0) is 0 Å². The van der Waals surface area contributed by atoms with Gasteiger partial charge in [-0.15, -0.1) is 0 Å². The SMILES string of the molecule is COc1cccc([C@@H](C)NC2CCN(C(C)C)C2)c1. The minimum absolute atomic E-state index is 0.368. The van der Waals surface area contributed by atoms with Gasteiger partial charge in [-0.25, -0.2) is 0 Å². The van der Waals surface area contributed by atoms with Crippen molar-refractivity contribution in [3.8, 4) is 5.75 Å². The van der Waals surface area contributed by atoms with Crippen molar-refractivity contribution in [1.29, 1.82) is 0 Å². The number of nitrogens with one attached hydrogen (secondary N) is 1. The number of benzene rings is 1. The predicted molar refractivity (Wildman–Crippen MR) is 79.7 cm³/mol. The van der Waals surface area contributed by atoms with E-state index in [4.69, 9.17) is 4.74 Å². The maximum absolute atomic E-state index is 5.29. The van der Waals surface area contributed by atoms with Gasteiger partial charge in [-0.05, 0) is 51.4 Å². The molecule has 3 heteroatoms. The van der Waals surface area contributed by atoms with E-state index in [1.54, 1.807) is 7.11 Å². The summed E-state index contributed by atoms with van der Waals surface area (Å²) in [7, 11) is 1.72. The molecule has 19 heavy (non-hydrogen) atoms. The minimum atomic E-state index is 0.368. The van der Waals surface area contributed by atoms with E-state index in [0.717, 1.165) is 12.3 Å². The zero-order valence-corrected chi connectivity index (χ0v) is 12.5. The van der Waals surface area contributed by atoms with Crippen LogP contribution in [-0.4, -0.2) is 37.2 Å². The molecule has 0 aromatic heterocycles. The molecule has 0 spiro atoms. The summed E-state index contributed by atoms with van der Waals surface area (Å²) in [5.74, 6) is 0.932. The van der Waals surface area contributed by atoms with Crippen molar-refractivity contribution in [2.45, 2.75) is 45.3 Å². The van der Waals surface area contributed by atoms with Gasteiger partial charge in [0.05, 0.1) is 7.11 Å². The maximum Gasteiger partial charge on any atom is 0.119 e. The molecule has 0 amide bonds. The molecule has 0 saturated carbocycles. The Morgan fingerprint density at radius 2 is 2.11 bits per heavy atom. The molecule has 1 unspecified atom stereocenters. The fourth-order valence-corrected chi connectivity index (χ4v) is 2.75. The van der Waals surface area contributed by atoms with Gasteiger partial charge in [0.1, 0.15) is 5.75 Å². The highest BCUT2D eigenvalue weighted by molar-refractivity contribution is 5.30. The van der Waals surface area contributed by atoms with Gasteiger partial charge in [-0.3, -0.25) is 4.90 Å². The van der Waals surface area contributed by atoms with Crippen LogP contribution in [0.4, 0.5) is 0 Å². The van der Waals surface area contributed by atoms with Crippen LogP contribution < -0.4 is 10.1 Å². The van der Waals surface area contributed by atoms with Gasteiger partial charge in [-0.2, -0.15) is 0 Å². The molecule has 0 radical (unpaired) electrons. The average molecular weight is 262 g/mol. The second kappa shape index (κ2) is 6.40. The van der Waals surface area contributed by atoms with Crippen LogP contribution >= 0.6 is 0 Å². The van der Waals surface area contributed by atoms with Crippen LogP contribution in [0.15, 0.2) is 24.3 Å². The van der Waals surface area contributed by atoms with Crippen molar-refractivity contribution in [3.63, 3.8) is 0 Å². The maximum atomic E-state index is 5.29. The molecule has 1 saturated heterocycles. The Morgan fingerprint density at radius 3 is 2.74 bits per heavy atom. The van der Waals surface area contributed by atoms with Crippen molar-refractivity contribution in [2.24, 2.45) is 0 Å². The van der Waals surface area contributed by atoms with Crippen molar-refractivity contribution in [3.05, 3.63) is 29.8 Å². The summed E-state index contributed by atoms with van der Waals surface area (Å²) in [6.07, 6.45) is 1.24. The molecule has 1 aromatic carbocycles. The first kappa shape index (κ1) is 14.4. The van der Waals surface area contributed by atoms with Gasteiger partial charge in [-0.1, -0.05) is 12.1 Å². The standard InChI is InChI=1S/C16H26N2O/c1-12(2)18-9-8-15(11-18)17-13(3)14-6-5-7-16(10-14)19-4/h5-7,10,12-13,15,17H,8-9,11H2,1-4H3/t13-,15?/m1/s1. The van der Waals surface area contributed by atoms with E-state index in [-0.39, 0.29) is 0 Å². The number of likely N-dealkylation sites (tertiary alicyclic amines) is 1. The Hall–Kier alpha value is -1.06. The predicted octanol–water partition coefficient (Wildman–Crippen LogP) is 2.83. The Balaban J connectivity index is 1.92. The number of rotatable bonds is 5. The Morgan fingerprint density at radius 1 is 1.32 bits per heavy atom. The number of hydrogen-bond acceptors (Lipinski definition) is 3. The van der Waals surface area contributed by atoms with E-state index >= 15 is 0 Å². The first-order chi connectivity index (χ1) is 9.10. The van der Waals surface area contributed by atoms with E-state index in [1.807, 2.05) is 6.07 Å². The molecule has 0 bridgehead atoms. The Kier molecular flexibility index (Phi) is 4.83. The number of ether oxygens (including phenoxy) is 1. The third kappa shape index (κ3) is 3.71. The van der Waals surface area contributed by atoms with Crippen LogP contribution in [0.5, 0.6) is 5.75 Å². The second-order valence-electron chi connectivity index (χ2n) is 5.74. The first-order valence-corrected chi connectivity index (χ1v) is 7.24. The third-order valence-corrected chi connectivity index (χ3v) is 4.03. The fourth-order valence-electron chi connectivity index (χ4n) is 2.75. The summed E-state index contributed by atoms with van der Waals surface area (Å²) in [6, 6.07) is 9.95. The first-order valence-electron chi connectivity index (χ1n) is 7.24. The third-order valence-electron chi connectivity index (χ3n) is 4.03. The molecule has 1 aromatic rings. The highest BCUT2D eigenvalue weighted by atomic mass is 16.5. The summed E-state index contributed by atoms with van der Waals surface area (Å²) in [6.45, 7) is 9.14. The molecular weight excluding hydrogens is 236 g/mol. The number of methoxy groups -OCH3 is 1. The lowest BCUT2D eigenvalue weighted by atomic mass is 10.1. The minimum Gasteiger partial charge on any atom is -0.497 e. The van der Waals surface area contributed by atoms with Crippen LogP contribution in [0.1, 0.15) is 38.8 Å². The molecule has 2 atom stereocenters. The van der Waals surface area contributed by atoms with Gasteiger partial charge in [0, 0.05) is 24.7 Å². The zero-order chi connectivity index (χ0) is 13.8. The van der Waals surface area contributed by atoms with Crippen molar-refractivity contribution < 1.29 is 4.74 Å². The summed E-state index contributed by atoms with van der Waals surface area (Å²) in [4.78, 5) is 2.54. The van der Waals surface area contributed by atoms with Crippen molar-refractivity contribution in [1.82, 2.24) is 10.2 Å². The van der Waals surface area contributed by atoms with Gasteiger partial charge in [0.15, 0.2) is 0 Å². The van der Waals surface area contributed by atoms with Gasteiger partial charge in [0.25, 0.3) is 0 Å². The number of nitrogens with zero attached hydrogens (tertiary/aromatic N) is 1.